The number of nitrogens with one attached hydrogen (secondary N) is 2. The van der Waals surface area contributed by atoms with Gasteiger partial charge in [-0.2, -0.15) is 0 Å². The topological polar surface area (TPSA) is 124 Å². The molecule has 0 bridgehead atoms. The van der Waals surface area contributed by atoms with Crippen LogP contribution in [0.25, 0.3) is 11.0 Å². The highest BCUT2D eigenvalue weighted by molar-refractivity contribution is 5.91. The minimum atomic E-state index is -0.710. The van der Waals surface area contributed by atoms with Crippen LogP contribution in [0.1, 0.15) is 42.9 Å². The minimum absolute atomic E-state index is 0.0117. The molecule has 1 saturated heterocycles. The van der Waals surface area contributed by atoms with Crippen LogP contribution in [-0.4, -0.2) is 45.9 Å². The quantitative estimate of drug-likeness (QED) is 0.254. The number of hydrogen-bond donors (Lipinski definition) is 3. The van der Waals surface area contributed by atoms with E-state index in [1.165, 1.54) is 0 Å². The maximum absolute atomic E-state index is 12.4. The third-order valence-corrected chi connectivity index (χ3v) is 7.14. The molecule has 3 N–H and O–H groups in total. The molecule has 0 spiro atoms. The lowest BCUT2D eigenvalue weighted by molar-refractivity contribution is -0.276. The molecule has 1 aliphatic rings. The van der Waals surface area contributed by atoms with Gasteiger partial charge < -0.3 is 34.5 Å². The first-order valence-corrected chi connectivity index (χ1v) is 13.7. The lowest BCUT2D eigenvalue weighted by Gasteiger charge is -2.41. The molecule has 41 heavy (non-hydrogen) atoms. The number of amides is 2. The number of para-hydroxylation sites is 2. The van der Waals surface area contributed by atoms with E-state index in [9.17, 15) is 14.7 Å². The molecular weight excluding hydrogens is 524 g/mol. The molecule has 10 nitrogen and oxygen atoms in total. The molecule has 2 amide bonds. The van der Waals surface area contributed by atoms with Crippen molar-refractivity contribution in [3.63, 3.8) is 0 Å². The van der Waals surface area contributed by atoms with Crippen molar-refractivity contribution < 1.29 is 28.9 Å². The first-order chi connectivity index (χ1) is 19.9. The molecule has 0 saturated carbocycles. The summed E-state index contributed by atoms with van der Waals surface area (Å²) in [4.78, 5) is 28.5. The predicted octanol–water partition coefficient (Wildman–Crippen LogP) is 4.70. The van der Waals surface area contributed by atoms with Crippen LogP contribution in [0.5, 0.6) is 0 Å². The number of anilines is 1. The summed E-state index contributed by atoms with van der Waals surface area (Å²) in [5, 5.41) is 14.7. The number of carbonyl (C=O) groups is 2. The number of rotatable bonds is 9. The van der Waals surface area contributed by atoms with Gasteiger partial charge in [0, 0.05) is 17.2 Å². The number of aliphatic hydroxyl groups is 1. The van der Waals surface area contributed by atoms with Gasteiger partial charge >= 0.3 is 12.0 Å². The Labute approximate surface area is 238 Å². The molecule has 4 unspecified atom stereocenters. The zero-order valence-corrected chi connectivity index (χ0v) is 23.0. The number of ether oxygens (including phenoxy) is 3. The summed E-state index contributed by atoms with van der Waals surface area (Å²) in [5.41, 5.74) is 5.01. The lowest BCUT2D eigenvalue weighted by Crippen LogP contribution is -2.39. The Kier molecular flexibility index (Phi) is 8.93. The van der Waals surface area contributed by atoms with Crippen LogP contribution in [0.4, 0.5) is 10.5 Å². The molecule has 4 aromatic rings. The summed E-state index contributed by atoms with van der Waals surface area (Å²) in [6.07, 6.45) is 0.609. The highest BCUT2D eigenvalue weighted by Gasteiger charge is 2.38. The normalized spacial score (nSPS) is 20.5. The minimum Gasteiger partial charge on any atom is -0.465 e. The van der Waals surface area contributed by atoms with Crippen molar-refractivity contribution in [2.75, 3.05) is 18.5 Å². The average Bonchev–Trinajstić information content (AvgIpc) is 3.40. The van der Waals surface area contributed by atoms with Crippen molar-refractivity contribution in [2.24, 2.45) is 5.92 Å². The van der Waals surface area contributed by atoms with Crippen molar-refractivity contribution >= 4 is 28.7 Å². The number of benzene rings is 3. The molecule has 3 aromatic carbocycles. The number of aliphatic hydroxyl groups excluding tert-OH is 1. The Morgan fingerprint density at radius 2 is 1.83 bits per heavy atom. The molecule has 10 heteroatoms. The summed E-state index contributed by atoms with van der Waals surface area (Å²) in [7, 11) is 0. The lowest BCUT2D eigenvalue weighted by atomic mass is 9.90. The van der Waals surface area contributed by atoms with Gasteiger partial charge in [-0.1, -0.05) is 55.5 Å². The smallest absolute Gasteiger partial charge is 0.325 e. The zero-order valence-electron chi connectivity index (χ0n) is 23.0. The van der Waals surface area contributed by atoms with Gasteiger partial charge in [0.05, 0.1) is 49.3 Å². The van der Waals surface area contributed by atoms with Crippen molar-refractivity contribution in [3.05, 3.63) is 95.8 Å². The van der Waals surface area contributed by atoms with E-state index in [-0.39, 0.29) is 37.9 Å². The Morgan fingerprint density at radius 1 is 1.02 bits per heavy atom. The van der Waals surface area contributed by atoms with Crippen LogP contribution < -0.4 is 10.6 Å². The van der Waals surface area contributed by atoms with Crippen LogP contribution in [0.15, 0.2) is 79.1 Å². The van der Waals surface area contributed by atoms with Crippen LogP contribution in [0, 0.1) is 5.92 Å². The molecule has 1 aromatic heterocycles. The molecule has 1 fully saturated rings. The van der Waals surface area contributed by atoms with E-state index in [4.69, 9.17) is 14.2 Å². The summed E-state index contributed by atoms with van der Waals surface area (Å²) < 4.78 is 20.1. The first-order valence-electron chi connectivity index (χ1n) is 13.7. The fourth-order valence-electron chi connectivity index (χ4n) is 4.98. The van der Waals surface area contributed by atoms with Crippen molar-refractivity contribution in [1.82, 2.24) is 14.9 Å². The Bertz CT molecular complexity index is 1490. The number of esters is 1. The van der Waals surface area contributed by atoms with Gasteiger partial charge in [-0.15, -0.1) is 0 Å². The Balaban J connectivity index is 1.38. The number of nitrogens with zero attached hydrogens (tertiary/aromatic N) is 2. The van der Waals surface area contributed by atoms with E-state index in [0.29, 0.717) is 12.2 Å². The van der Waals surface area contributed by atoms with Crippen molar-refractivity contribution in [1.29, 1.82) is 0 Å². The van der Waals surface area contributed by atoms with E-state index in [2.05, 4.69) is 27.1 Å². The second-order valence-corrected chi connectivity index (χ2v) is 9.95. The molecule has 0 radical (unpaired) electrons. The number of hydrogen-bond acceptors (Lipinski definition) is 7. The molecule has 214 valence electrons. The fourth-order valence-corrected chi connectivity index (χ4v) is 4.98. The number of carbonyl (C=O) groups excluding carboxylic acids is 2. The summed E-state index contributed by atoms with van der Waals surface area (Å²) in [6, 6.07) is 22.4. The van der Waals surface area contributed by atoms with Gasteiger partial charge in [0.15, 0.2) is 6.29 Å². The second-order valence-electron chi connectivity index (χ2n) is 9.95. The standard InChI is InChI=1S/C31H34N4O6/c1-3-39-28(37)16-32-31(38)34-24-8-6-7-23(15-24)30-40-27(17-35-19-33-25-9-4-5-10-26(25)35)20(2)29(41-30)22-13-11-21(18-36)12-14-22/h4-15,19-20,27,29-30,36H,3,16-18H2,1-2H3,(H2,32,34,38). The van der Waals surface area contributed by atoms with Gasteiger partial charge in [-0.3, -0.25) is 4.79 Å². The monoisotopic (exact) mass is 558 g/mol. The number of fused-ring (bicyclic) bond motifs is 1. The maximum atomic E-state index is 12.4. The van der Waals surface area contributed by atoms with Gasteiger partial charge in [-0.25, -0.2) is 9.78 Å². The van der Waals surface area contributed by atoms with Crippen LogP contribution in [0.3, 0.4) is 0 Å². The fraction of sp³-hybridized carbons (Fsp3) is 0.323. The van der Waals surface area contributed by atoms with E-state index in [0.717, 1.165) is 27.7 Å². The highest BCUT2D eigenvalue weighted by atomic mass is 16.7. The molecule has 4 atom stereocenters. The highest BCUT2D eigenvalue weighted by Crippen LogP contribution is 2.42. The van der Waals surface area contributed by atoms with Crippen LogP contribution >= 0.6 is 0 Å². The van der Waals surface area contributed by atoms with Crippen LogP contribution in [0.2, 0.25) is 0 Å². The van der Waals surface area contributed by atoms with E-state index < -0.39 is 18.3 Å². The average molecular weight is 559 g/mol. The van der Waals surface area contributed by atoms with E-state index >= 15 is 0 Å². The van der Waals surface area contributed by atoms with Gasteiger partial charge in [0.25, 0.3) is 0 Å². The van der Waals surface area contributed by atoms with Crippen LogP contribution in [-0.2, 0) is 32.2 Å². The van der Waals surface area contributed by atoms with Gasteiger partial charge in [0.2, 0.25) is 0 Å². The summed E-state index contributed by atoms with van der Waals surface area (Å²) in [5.74, 6) is -0.522. The molecule has 0 aliphatic carbocycles. The third kappa shape index (κ3) is 6.74. The third-order valence-electron chi connectivity index (χ3n) is 7.14. The summed E-state index contributed by atoms with van der Waals surface area (Å²) in [6.45, 7) is 4.37. The molecule has 2 heterocycles. The number of aromatic nitrogens is 2. The number of urea groups is 1. The predicted molar refractivity (Wildman–Crippen MR) is 153 cm³/mol. The van der Waals surface area contributed by atoms with Crippen molar-refractivity contribution in [2.45, 2.75) is 45.5 Å². The Morgan fingerprint density at radius 3 is 2.61 bits per heavy atom. The maximum Gasteiger partial charge on any atom is 0.325 e. The zero-order chi connectivity index (χ0) is 28.8. The van der Waals surface area contributed by atoms with E-state index in [1.807, 2.05) is 67.0 Å². The Hall–Kier alpha value is -4.25. The molecule has 1 aliphatic heterocycles. The SMILES string of the molecule is CCOC(=O)CNC(=O)Nc1cccc(C2OC(Cn3cnc4ccccc43)C(C)C(c3ccc(CO)cc3)O2)c1. The van der Waals surface area contributed by atoms with Crippen molar-refractivity contribution in [3.8, 4) is 0 Å². The second kappa shape index (κ2) is 12.9. The van der Waals surface area contributed by atoms with E-state index in [1.54, 1.807) is 19.1 Å². The number of imidazole rings is 1. The first kappa shape index (κ1) is 28.3. The van der Waals surface area contributed by atoms with Gasteiger partial charge in [-0.05, 0) is 42.3 Å². The summed E-state index contributed by atoms with van der Waals surface area (Å²) >= 11 is 0. The molecular formula is C31H34N4O6. The van der Waals surface area contributed by atoms with Gasteiger partial charge in [0.1, 0.15) is 6.54 Å². The largest absolute Gasteiger partial charge is 0.465 e. The molecule has 5 rings (SSSR count).